The molecule has 13 rings (SSSR count). The lowest BCUT2D eigenvalue weighted by molar-refractivity contribution is 0.669. The average Bonchev–Trinajstić information content (AvgIpc) is 3.91. The van der Waals surface area contributed by atoms with Crippen LogP contribution in [0.5, 0.6) is 0 Å². The lowest BCUT2D eigenvalue weighted by Crippen LogP contribution is -2.00. The predicted molar refractivity (Wildman–Crippen MR) is 254 cm³/mol. The highest BCUT2D eigenvalue weighted by Crippen LogP contribution is 2.40. The van der Waals surface area contributed by atoms with Crippen molar-refractivity contribution < 1.29 is 8.83 Å². The Bertz CT molecular complexity index is 3830. The highest BCUT2D eigenvalue weighted by Gasteiger charge is 2.17. The minimum atomic E-state index is 0.590. The minimum absolute atomic E-state index is 0.590. The highest BCUT2D eigenvalue weighted by molar-refractivity contribution is 6.26. The van der Waals surface area contributed by atoms with E-state index < -0.39 is 0 Å². The van der Waals surface area contributed by atoms with Crippen molar-refractivity contribution in [2.24, 2.45) is 0 Å². The van der Waals surface area contributed by atoms with Gasteiger partial charge in [0.05, 0.1) is 0 Å². The second-order valence-electron chi connectivity index (χ2n) is 15.9. The van der Waals surface area contributed by atoms with Gasteiger partial charge in [-0.15, -0.1) is 0 Å². The number of furan rings is 2. The van der Waals surface area contributed by atoms with Gasteiger partial charge in [0.25, 0.3) is 0 Å². The fraction of sp³-hybridized carbons (Fsp3) is 0. The maximum Gasteiger partial charge on any atom is 0.164 e. The molecule has 0 bridgehead atoms. The molecule has 0 saturated heterocycles. The van der Waals surface area contributed by atoms with E-state index in [1.54, 1.807) is 0 Å². The molecule has 3 aromatic heterocycles. The fourth-order valence-electron chi connectivity index (χ4n) is 9.26. The third-order valence-electron chi connectivity index (χ3n) is 12.3. The van der Waals surface area contributed by atoms with E-state index in [4.69, 9.17) is 23.8 Å². The molecule has 10 aromatic carbocycles. The molecule has 5 nitrogen and oxygen atoms in total. The summed E-state index contributed by atoms with van der Waals surface area (Å²) in [6.07, 6.45) is 0. The molecule has 5 heteroatoms. The summed E-state index contributed by atoms with van der Waals surface area (Å²) in [7, 11) is 0. The largest absolute Gasteiger partial charge is 0.456 e. The molecule has 0 N–H and O–H groups in total. The van der Waals surface area contributed by atoms with E-state index in [-0.39, 0.29) is 0 Å². The quantitative estimate of drug-likeness (QED) is 0.162. The number of aromatic nitrogens is 3. The van der Waals surface area contributed by atoms with Crippen molar-refractivity contribution in [1.29, 1.82) is 0 Å². The van der Waals surface area contributed by atoms with Crippen molar-refractivity contribution in [3.8, 4) is 56.4 Å². The van der Waals surface area contributed by atoms with E-state index in [1.807, 2.05) is 66.7 Å². The third kappa shape index (κ3) is 5.52. The van der Waals surface area contributed by atoms with Crippen LogP contribution in [-0.2, 0) is 0 Å². The fourth-order valence-corrected chi connectivity index (χ4v) is 9.26. The summed E-state index contributed by atoms with van der Waals surface area (Å²) in [5.74, 6) is 1.84. The zero-order chi connectivity index (χ0) is 40.7. The second-order valence-corrected chi connectivity index (χ2v) is 15.9. The van der Waals surface area contributed by atoms with Crippen molar-refractivity contribution in [2.45, 2.75) is 0 Å². The Hall–Kier alpha value is -8.41. The molecule has 0 spiro atoms. The van der Waals surface area contributed by atoms with Crippen LogP contribution in [0.15, 0.2) is 209 Å². The molecule has 0 amide bonds. The number of hydrogen-bond acceptors (Lipinski definition) is 5. The number of hydrogen-bond donors (Lipinski definition) is 0. The molecule has 0 aliphatic rings. The van der Waals surface area contributed by atoms with Crippen LogP contribution < -0.4 is 0 Å². The normalized spacial score (nSPS) is 11.9. The summed E-state index contributed by atoms with van der Waals surface area (Å²) in [5.41, 5.74) is 10.5. The molecule has 0 aliphatic heterocycles. The van der Waals surface area contributed by atoms with Gasteiger partial charge in [-0.05, 0) is 109 Å². The van der Waals surface area contributed by atoms with Gasteiger partial charge in [-0.25, -0.2) is 15.0 Å². The third-order valence-corrected chi connectivity index (χ3v) is 12.3. The van der Waals surface area contributed by atoms with E-state index >= 15 is 0 Å². The Morgan fingerprint density at radius 3 is 1.06 bits per heavy atom. The molecule has 288 valence electrons. The van der Waals surface area contributed by atoms with Gasteiger partial charge in [0.2, 0.25) is 0 Å². The van der Waals surface area contributed by atoms with Gasteiger partial charge in [0.15, 0.2) is 17.5 Å². The van der Waals surface area contributed by atoms with Gasteiger partial charge in [-0.2, -0.15) is 0 Å². The van der Waals surface area contributed by atoms with Gasteiger partial charge in [-0.1, -0.05) is 146 Å². The first-order valence-corrected chi connectivity index (χ1v) is 20.8. The summed E-state index contributed by atoms with van der Waals surface area (Å²) in [6, 6.07) is 70.0. The van der Waals surface area contributed by atoms with Crippen molar-refractivity contribution in [1.82, 2.24) is 15.0 Å². The van der Waals surface area contributed by atoms with Crippen molar-refractivity contribution >= 4 is 76.2 Å². The van der Waals surface area contributed by atoms with E-state index in [0.717, 1.165) is 77.3 Å². The average molecular weight is 792 g/mol. The van der Waals surface area contributed by atoms with Gasteiger partial charge in [0, 0.05) is 38.2 Å². The first kappa shape index (κ1) is 34.5. The molecule has 3 heterocycles. The van der Waals surface area contributed by atoms with Crippen molar-refractivity contribution in [2.75, 3.05) is 0 Å². The smallest absolute Gasteiger partial charge is 0.164 e. The molecule has 0 radical (unpaired) electrons. The van der Waals surface area contributed by atoms with Crippen molar-refractivity contribution in [3.63, 3.8) is 0 Å². The van der Waals surface area contributed by atoms with Crippen LogP contribution in [0, 0.1) is 0 Å². The van der Waals surface area contributed by atoms with Crippen LogP contribution in [0.3, 0.4) is 0 Å². The second kappa shape index (κ2) is 13.6. The van der Waals surface area contributed by atoms with E-state index in [0.29, 0.717) is 17.5 Å². The number of benzene rings is 10. The SMILES string of the molecule is c1ccc(-c2nc(-c3ccccc3)nc(-c3ccc4c(c3)oc3cc(-c5ccc6oc7ccc(-c8ccc9c%10ccccc%10c%10ccccc%10c9c8)cc7c6c5)ccc34)n2)cc1. The summed E-state index contributed by atoms with van der Waals surface area (Å²) in [5, 5.41) is 11.9. The first-order valence-electron chi connectivity index (χ1n) is 20.8. The summed E-state index contributed by atoms with van der Waals surface area (Å²) < 4.78 is 13.0. The number of nitrogens with zero attached hydrogens (tertiary/aromatic N) is 3. The summed E-state index contributed by atoms with van der Waals surface area (Å²) >= 11 is 0. The van der Waals surface area contributed by atoms with Gasteiger partial charge < -0.3 is 8.83 Å². The number of rotatable bonds is 5. The Morgan fingerprint density at radius 1 is 0.210 bits per heavy atom. The van der Waals surface area contributed by atoms with Gasteiger partial charge in [-0.3, -0.25) is 0 Å². The van der Waals surface area contributed by atoms with Crippen LogP contribution in [0.1, 0.15) is 0 Å². The summed E-state index contributed by atoms with van der Waals surface area (Å²) in [4.78, 5) is 14.7. The lowest BCUT2D eigenvalue weighted by Gasteiger charge is -2.12. The Kier molecular flexibility index (Phi) is 7.54. The molecule has 0 fully saturated rings. The topological polar surface area (TPSA) is 65.0 Å². The van der Waals surface area contributed by atoms with Gasteiger partial charge >= 0.3 is 0 Å². The molecular formula is C57H33N3O2. The molecule has 0 aliphatic carbocycles. The number of fused-ring (bicyclic) bond motifs is 12. The molecule has 0 atom stereocenters. The van der Waals surface area contributed by atoms with E-state index in [9.17, 15) is 0 Å². The Labute approximate surface area is 355 Å². The van der Waals surface area contributed by atoms with Crippen LogP contribution in [0.4, 0.5) is 0 Å². The van der Waals surface area contributed by atoms with E-state index in [2.05, 4.69) is 133 Å². The molecule has 13 aromatic rings. The maximum atomic E-state index is 6.61. The molecule has 0 saturated carbocycles. The molecular weight excluding hydrogens is 759 g/mol. The Balaban J connectivity index is 0.880. The monoisotopic (exact) mass is 791 g/mol. The first-order chi connectivity index (χ1) is 30.7. The zero-order valence-corrected chi connectivity index (χ0v) is 33.2. The minimum Gasteiger partial charge on any atom is -0.456 e. The molecule has 62 heavy (non-hydrogen) atoms. The van der Waals surface area contributed by atoms with Crippen LogP contribution in [0.25, 0.3) is 133 Å². The van der Waals surface area contributed by atoms with Crippen LogP contribution >= 0.6 is 0 Å². The van der Waals surface area contributed by atoms with Crippen LogP contribution in [0.2, 0.25) is 0 Å². The van der Waals surface area contributed by atoms with Crippen LogP contribution in [-0.4, -0.2) is 15.0 Å². The lowest BCUT2D eigenvalue weighted by atomic mass is 9.92. The highest BCUT2D eigenvalue weighted by atomic mass is 16.3. The summed E-state index contributed by atoms with van der Waals surface area (Å²) in [6.45, 7) is 0. The Morgan fingerprint density at radius 2 is 0.548 bits per heavy atom. The standard InChI is InChI=1S/C57H33N3O2/c1-3-11-34(12-4-1)55-58-56(35-13-5-2-6-14-35)60-57(59-55)40-21-26-47-46-25-20-39(32-53(46)62-54(47)33-40)38-23-28-52-50(31-38)49-30-37(22-27-51(49)61-52)36-19-24-45-43-17-8-7-15-41(43)42-16-9-10-18-44(42)48(45)29-36/h1-33H. The van der Waals surface area contributed by atoms with E-state index in [1.165, 1.54) is 37.9 Å². The zero-order valence-electron chi connectivity index (χ0n) is 33.2. The maximum absolute atomic E-state index is 6.61. The van der Waals surface area contributed by atoms with Crippen molar-refractivity contribution in [3.05, 3.63) is 200 Å². The molecule has 0 unspecified atom stereocenters. The van der Waals surface area contributed by atoms with Gasteiger partial charge in [0.1, 0.15) is 22.3 Å². The predicted octanol–water partition coefficient (Wildman–Crippen LogP) is 15.5.